The van der Waals surface area contributed by atoms with E-state index in [0.29, 0.717) is 18.6 Å². The van der Waals surface area contributed by atoms with Gasteiger partial charge in [0.25, 0.3) is 0 Å². The van der Waals surface area contributed by atoms with Gasteiger partial charge in [-0.05, 0) is 42.0 Å². The third-order valence-electron chi connectivity index (χ3n) is 3.86. The van der Waals surface area contributed by atoms with Crippen LogP contribution in [0, 0.1) is 0 Å². The Morgan fingerprint density at radius 1 is 0.850 bits per heavy atom. The number of hydrogen-bond donors (Lipinski definition) is 2. The number of aryl methyl sites for hydroxylation is 2. The first-order valence-electron chi connectivity index (χ1n) is 7.28. The van der Waals surface area contributed by atoms with Crippen molar-refractivity contribution in [3.63, 3.8) is 0 Å². The Balaban J connectivity index is 2.77. The van der Waals surface area contributed by atoms with Gasteiger partial charge in [0.15, 0.2) is 0 Å². The van der Waals surface area contributed by atoms with Crippen LogP contribution in [0.1, 0.15) is 37.5 Å². The molecule has 0 aliphatic rings. The van der Waals surface area contributed by atoms with Gasteiger partial charge in [0, 0.05) is 11.1 Å². The molecule has 2 rings (SSSR count). The summed E-state index contributed by atoms with van der Waals surface area (Å²) in [6.45, 7) is 6.08. The monoisotopic (exact) mass is 270 g/mol. The molecule has 0 spiro atoms. The van der Waals surface area contributed by atoms with Gasteiger partial charge in [-0.15, -0.1) is 0 Å². The summed E-state index contributed by atoms with van der Waals surface area (Å²) in [7, 11) is 0. The third-order valence-corrected chi connectivity index (χ3v) is 3.86. The average Bonchev–Trinajstić information content (AvgIpc) is 2.48. The predicted octanol–water partition coefficient (Wildman–Crippen LogP) is 4.45. The van der Waals surface area contributed by atoms with Gasteiger partial charge in [0.1, 0.15) is 11.5 Å². The number of phenols is 2. The minimum atomic E-state index is 0.261. The zero-order valence-electron chi connectivity index (χ0n) is 12.4. The van der Waals surface area contributed by atoms with E-state index >= 15 is 0 Å². The molecular formula is C18H22O2. The van der Waals surface area contributed by atoms with E-state index in [4.69, 9.17) is 0 Å². The second-order valence-corrected chi connectivity index (χ2v) is 4.97. The second kappa shape index (κ2) is 6.00. The quantitative estimate of drug-likeness (QED) is 0.806. The summed E-state index contributed by atoms with van der Waals surface area (Å²) in [4.78, 5) is 0. The highest BCUT2D eigenvalue weighted by Crippen LogP contribution is 2.41. The lowest BCUT2D eigenvalue weighted by Gasteiger charge is -2.17. The van der Waals surface area contributed by atoms with E-state index in [9.17, 15) is 10.2 Å². The summed E-state index contributed by atoms with van der Waals surface area (Å²) >= 11 is 0. The molecular weight excluding hydrogens is 248 g/mol. The molecule has 0 aromatic heterocycles. The zero-order valence-corrected chi connectivity index (χ0v) is 12.4. The standard InChI is InChI=1S/C18H22O2/c1-4-12-9-7-8-10-15(12)17-14(6-3)18(20)13(5-2)11-16(17)19/h7-11,19-20H,4-6H2,1-3H3. The number of hydrogen-bond acceptors (Lipinski definition) is 2. The lowest BCUT2D eigenvalue weighted by molar-refractivity contribution is 0.450. The Bertz CT molecular complexity index is 615. The number of benzene rings is 2. The fourth-order valence-electron chi connectivity index (χ4n) is 2.76. The first-order chi connectivity index (χ1) is 9.63. The van der Waals surface area contributed by atoms with Crippen LogP contribution in [0.4, 0.5) is 0 Å². The van der Waals surface area contributed by atoms with Gasteiger partial charge in [0.2, 0.25) is 0 Å². The van der Waals surface area contributed by atoms with Gasteiger partial charge in [0.05, 0.1) is 0 Å². The lowest BCUT2D eigenvalue weighted by Crippen LogP contribution is -1.96. The van der Waals surface area contributed by atoms with Crippen molar-refractivity contribution in [3.8, 4) is 22.6 Å². The molecule has 0 fully saturated rings. The molecule has 0 aliphatic carbocycles. The van der Waals surface area contributed by atoms with Crippen LogP contribution < -0.4 is 0 Å². The molecule has 106 valence electrons. The molecule has 0 amide bonds. The average molecular weight is 270 g/mol. The molecule has 0 bridgehead atoms. The molecule has 2 N–H and O–H groups in total. The van der Waals surface area contributed by atoms with Crippen LogP contribution in [0.15, 0.2) is 30.3 Å². The highest BCUT2D eigenvalue weighted by atomic mass is 16.3. The van der Waals surface area contributed by atoms with Crippen molar-refractivity contribution < 1.29 is 10.2 Å². The molecule has 2 aromatic rings. The SMILES string of the molecule is CCc1ccccc1-c1c(O)cc(CC)c(O)c1CC. The largest absolute Gasteiger partial charge is 0.507 e. The third kappa shape index (κ3) is 2.38. The summed E-state index contributed by atoms with van der Waals surface area (Å²) in [6.07, 6.45) is 2.30. The van der Waals surface area contributed by atoms with Gasteiger partial charge in [-0.25, -0.2) is 0 Å². The highest BCUT2D eigenvalue weighted by Gasteiger charge is 2.18. The van der Waals surface area contributed by atoms with Crippen molar-refractivity contribution in [1.29, 1.82) is 0 Å². The molecule has 0 atom stereocenters. The van der Waals surface area contributed by atoms with Gasteiger partial charge >= 0.3 is 0 Å². The Morgan fingerprint density at radius 3 is 2.10 bits per heavy atom. The molecule has 0 aliphatic heterocycles. The van der Waals surface area contributed by atoms with Crippen LogP contribution in [-0.2, 0) is 19.3 Å². The smallest absolute Gasteiger partial charge is 0.124 e. The van der Waals surface area contributed by atoms with Crippen LogP contribution in [0.5, 0.6) is 11.5 Å². The maximum atomic E-state index is 10.4. The number of aromatic hydroxyl groups is 2. The van der Waals surface area contributed by atoms with E-state index in [1.165, 1.54) is 5.56 Å². The minimum absolute atomic E-state index is 0.261. The fraction of sp³-hybridized carbons (Fsp3) is 0.333. The normalized spacial score (nSPS) is 10.8. The fourth-order valence-corrected chi connectivity index (χ4v) is 2.76. The van der Waals surface area contributed by atoms with Gasteiger partial charge in [-0.1, -0.05) is 45.0 Å². The molecule has 2 heteroatoms. The maximum Gasteiger partial charge on any atom is 0.124 e. The van der Waals surface area contributed by atoms with E-state index in [1.54, 1.807) is 6.07 Å². The van der Waals surface area contributed by atoms with E-state index in [2.05, 4.69) is 13.0 Å². The van der Waals surface area contributed by atoms with Crippen LogP contribution in [0.2, 0.25) is 0 Å². The number of rotatable bonds is 4. The summed E-state index contributed by atoms with van der Waals surface area (Å²) < 4.78 is 0. The van der Waals surface area contributed by atoms with Crippen LogP contribution in [-0.4, -0.2) is 10.2 Å². The molecule has 0 saturated heterocycles. The first kappa shape index (κ1) is 14.4. The van der Waals surface area contributed by atoms with Crippen LogP contribution in [0.25, 0.3) is 11.1 Å². The van der Waals surface area contributed by atoms with Crippen molar-refractivity contribution in [3.05, 3.63) is 47.0 Å². The summed E-state index contributed by atoms with van der Waals surface area (Å²) in [5, 5.41) is 20.8. The van der Waals surface area contributed by atoms with Crippen LogP contribution >= 0.6 is 0 Å². The Labute approximate surface area is 120 Å². The van der Waals surface area contributed by atoms with E-state index < -0.39 is 0 Å². The lowest BCUT2D eigenvalue weighted by atomic mass is 9.90. The van der Waals surface area contributed by atoms with Crippen molar-refractivity contribution in [2.75, 3.05) is 0 Å². The summed E-state index contributed by atoms with van der Waals surface area (Å²) in [5.74, 6) is 0.589. The van der Waals surface area contributed by atoms with E-state index in [1.807, 2.05) is 32.0 Å². The van der Waals surface area contributed by atoms with Crippen molar-refractivity contribution >= 4 is 0 Å². The van der Waals surface area contributed by atoms with Crippen molar-refractivity contribution in [2.45, 2.75) is 40.0 Å². The molecule has 2 nitrogen and oxygen atoms in total. The molecule has 0 unspecified atom stereocenters. The van der Waals surface area contributed by atoms with Crippen molar-refractivity contribution in [1.82, 2.24) is 0 Å². The van der Waals surface area contributed by atoms with Gasteiger partial charge < -0.3 is 10.2 Å². The van der Waals surface area contributed by atoms with Crippen molar-refractivity contribution in [2.24, 2.45) is 0 Å². The predicted molar refractivity (Wildman–Crippen MR) is 83.3 cm³/mol. The Morgan fingerprint density at radius 2 is 1.50 bits per heavy atom. The van der Waals surface area contributed by atoms with Gasteiger partial charge in [-0.3, -0.25) is 0 Å². The topological polar surface area (TPSA) is 40.5 Å². The minimum Gasteiger partial charge on any atom is -0.507 e. The maximum absolute atomic E-state index is 10.4. The summed E-state index contributed by atoms with van der Waals surface area (Å²) in [5.41, 5.74) is 4.61. The number of phenolic OH excluding ortho intramolecular Hbond substituents is 2. The summed E-state index contributed by atoms with van der Waals surface area (Å²) in [6, 6.07) is 9.75. The first-order valence-corrected chi connectivity index (χ1v) is 7.28. The van der Waals surface area contributed by atoms with E-state index in [0.717, 1.165) is 28.7 Å². The van der Waals surface area contributed by atoms with Crippen LogP contribution in [0.3, 0.4) is 0 Å². The molecule has 2 aromatic carbocycles. The molecule has 20 heavy (non-hydrogen) atoms. The Hall–Kier alpha value is -1.96. The van der Waals surface area contributed by atoms with Gasteiger partial charge in [-0.2, -0.15) is 0 Å². The molecule has 0 heterocycles. The second-order valence-electron chi connectivity index (χ2n) is 4.97. The molecule has 0 radical (unpaired) electrons. The Kier molecular flexibility index (Phi) is 4.33. The highest BCUT2D eigenvalue weighted by molar-refractivity contribution is 5.79. The van der Waals surface area contributed by atoms with E-state index in [-0.39, 0.29) is 5.75 Å². The molecule has 0 saturated carbocycles. The zero-order chi connectivity index (χ0) is 14.7.